The second kappa shape index (κ2) is 11.1. The van der Waals surface area contributed by atoms with Crippen LogP contribution < -0.4 is 14.8 Å². The van der Waals surface area contributed by atoms with Crippen molar-refractivity contribution in [2.45, 2.75) is 12.3 Å². The highest BCUT2D eigenvalue weighted by Crippen LogP contribution is 2.28. The lowest BCUT2D eigenvalue weighted by Crippen LogP contribution is -2.04. The van der Waals surface area contributed by atoms with E-state index in [-0.39, 0.29) is 0 Å². The minimum atomic E-state index is -2.46. The molecule has 0 spiro atoms. The molecule has 0 saturated carbocycles. The van der Waals surface area contributed by atoms with Gasteiger partial charge in [-0.1, -0.05) is 24.3 Å². The molecule has 3 aromatic carbocycles. The van der Waals surface area contributed by atoms with E-state index in [9.17, 15) is 8.60 Å². The first-order valence-electron chi connectivity index (χ1n) is 11.0. The summed E-state index contributed by atoms with van der Waals surface area (Å²) in [5.74, 6) is 1.63. The van der Waals surface area contributed by atoms with Gasteiger partial charge >= 0.3 is 0 Å². The summed E-state index contributed by atoms with van der Waals surface area (Å²) in [6, 6.07) is 19.2. The summed E-state index contributed by atoms with van der Waals surface area (Å²) < 4.78 is 41.6. The van der Waals surface area contributed by atoms with Crippen LogP contribution in [0, 0.1) is 5.82 Å². The first kappa shape index (κ1) is 25.1. The molecule has 0 aliphatic heterocycles. The lowest BCUT2D eigenvalue weighted by molar-refractivity contribution is 0.412. The first-order valence-corrected chi connectivity index (χ1v) is 13.1. The van der Waals surface area contributed by atoms with Crippen molar-refractivity contribution in [3.63, 3.8) is 0 Å². The molecule has 0 aliphatic carbocycles. The molecule has 1 atom stereocenters. The molecule has 0 saturated heterocycles. The Bertz CT molecular complexity index is 1470. The van der Waals surface area contributed by atoms with E-state index in [2.05, 4.69) is 24.6 Å². The van der Waals surface area contributed by atoms with E-state index in [1.54, 1.807) is 19.4 Å². The number of ether oxygens (including phenoxy) is 2. The van der Waals surface area contributed by atoms with Crippen molar-refractivity contribution in [2.24, 2.45) is 4.36 Å². The summed E-state index contributed by atoms with van der Waals surface area (Å²) in [6.45, 7) is 0.359. The Morgan fingerprint density at radius 3 is 2.53 bits per heavy atom. The number of methoxy groups -OCH3 is 2. The summed E-state index contributed by atoms with van der Waals surface area (Å²) in [4.78, 5) is 12.8. The van der Waals surface area contributed by atoms with Gasteiger partial charge in [-0.2, -0.15) is 4.98 Å². The maximum atomic E-state index is 13.6. The van der Waals surface area contributed by atoms with Crippen molar-refractivity contribution in [3.8, 4) is 22.9 Å². The van der Waals surface area contributed by atoms with Gasteiger partial charge < -0.3 is 14.8 Å². The van der Waals surface area contributed by atoms with Crippen LogP contribution in [0.5, 0.6) is 11.5 Å². The second-order valence-electron chi connectivity index (χ2n) is 8.04. The molecule has 36 heavy (non-hydrogen) atoms. The van der Waals surface area contributed by atoms with Gasteiger partial charge in [-0.3, -0.25) is 0 Å². The molecule has 0 bridgehead atoms. The van der Waals surface area contributed by atoms with E-state index in [1.165, 1.54) is 25.6 Å². The van der Waals surface area contributed by atoms with E-state index in [4.69, 9.17) is 9.47 Å². The van der Waals surface area contributed by atoms with Gasteiger partial charge in [0.25, 0.3) is 0 Å². The summed E-state index contributed by atoms with van der Waals surface area (Å²) in [5, 5.41) is 3.15. The highest BCUT2D eigenvalue weighted by Gasteiger charge is 2.12. The predicted octanol–water partition coefficient (Wildman–Crippen LogP) is 5.24. The van der Waals surface area contributed by atoms with Crippen molar-refractivity contribution >= 4 is 21.4 Å². The smallest absolute Gasteiger partial charge is 0.230 e. The van der Waals surface area contributed by atoms with Gasteiger partial charge in [0.1, 0.15) is 23.6 Å². The molecule has 0 aliphatic rings. The van der Waals surface area contributed by atoms with Crippen LogP contribution in [-0.4, -0.2) is 39.6 Å². The van der Waals surface area contributed by atoms with Gasteiger partial charge in [-0.25, -0.2) is 22.9 Å². The third-order valence-electron chi connectivity index (χ3n) is 5.27. The third-order valence-corrected chi connectivity index (χ3v) is 6.82. The van der Waals surface area contributed by atoms with Gasteiger partial charge in [-0.15, -0.1) is 0 Å². The summed E-state index contributed by atoms with van der Waals surface area (Å²) in [7, 11) is 0.610. The van der Waals surface area contributed by atoms with Crippen LogP contribution in [0.1, 0.15) is 11.1 Å². The highest BCUT2D eigenvalue weighted by atomic mass is 32.2. The molecule has 186 valence electrons. The van der Waals surface area contributed by atoms with Crippen molar-refractivity contribution in [3.05, 3.63) is 90.0 Å². The lowest BCUT2D eigenvalue weighted by Gasteiger charge is -2.10. The molecule has 0 fully saturated rings. The topological polar surface area (TPSA) is 98.6 Å². The molecule has 4 aromatic rings. The molecule has 1 N–H and O–H groups in total. The molecule has 4 rings (SSSR count). The van der Waals surface area contributed by atoms with E-state index < -0.39 is 15.5 Å². The number of nitrogens with one attached hydrogen (secondary N) is 1. The van der Waals surface area contributed by atoms with Gasteiger partial charge in [0, 0.05) is 27.7 Å². The average molecular weight is 508 g/mol. The summed E-state index contributed by atoms with van der Waals surface area (Å²) in [5.41, 5.74) is 3.09. The van der Waals surface area contributed by atoms with E-state index in [0.29, 0.717) is 35.4 Å². The van der Waals surface area contributed by atoms with Gasteiger partial charge in [-0.05, 0) is 47.5 Å². The minimum absolute atomic E-state index is 0.300. The fourth-order valence-corrected chi connectivity index (χ4v) is 4.81. The normalized spacial score (nSPS) is 12.4. The predicted molar refractivity (Wildman–Crippen MR) is 138 cm³/mol. The molecule has 1 unspecified atom stereocenters. The van der Waals surface area contributed by atoms with Crippen LogP contribution in [0.15, 0.2) is 77.4 Å². The lowest BCUT2D eigenvalue weighted by atomic mass is 10.2. The van der Waals surface area contributed by atoms with Crippen LogP contribution in [0.3, 0.4) is 0 Å². The largest absolute Gasteiger partial charge is 0.497 e. The van der Waals surface area contributed by atoms with Crippen LogP contribution in [0.4, 0.5) is 16.0 Å². The Labute approximate surface area is 209 Å². The zero-order chi connectivity index (χ0) is 25.5. The molecule has 8 nitrogen and oxygen atoms in total. The van der Waals surface area contributed by atoms with Crippen LogP contribution in [-0.2, 0) is 22.0 Å². The van der Waals surface area contributed by atoms with Gasteiger partial charge in [0.05, 0.1) is 32.1 Å². The van der Waals surface area contributed by atoms with E-state index in [1.807, 2.05) is 48.5 Å². The quantitative estimate of drug-likeness (QED) is 0.331. The Hall–Kier alpha value is -4.05. The zero-order valence-electron chi connectivity index (χ0n) is 20.1. The third kappa shape index (κ3) is 6.54. The molecular formula is C26H26FN5O3S. The molecule has 0 amide bonds. The number of hydrogen-bond acceptors (Lipinski definition) is 8. The minimum Gasteiger partial charge on any atom is -0.497 e. The molecular weight excluding hydrogens is 481 g/mol. The average Bonchev–Trinajstić information content (AvgIpc) is 2.88. The van der Waals surface area contributed by atoms with Crippen molar-refractivity contribution in [1.29, 1.82) is 0 Å². The van der Waals surface area contributed by atoms with Crippen molar-refractivity contribution in [2.75, 3.05) is 25.8 Å². The second-order valence-corrected chi connectivity index (χ2v) is 10.5. The maximum absolute atomic E-state index is 13.6. The Morgan fingerprint density at radius 2 is 1.78 bits per heavy atom. The SMILES string of the molecule is COc1ccc(CN=S(C)(=O)Cc2cccc(Nc3ncnc(-c4ccc(F)cc4OC)n3)c2)cc1. The van der Waals surface area contributed by atoms with E-state index >= 15 is 0 Å². The van der Waals surface area contributed by atoms with Crippen LogP contribution in [0.2, 0.25) is 0 Å². The summed E-state index contributed by atoms with van der Waals surface area (Å²) >= 11 is 0. The molecule has 0 radical (unpaired) electrons. The molecule has 1 heterocycles. The molecule has 10 heteroatoms. The summed E-state index contributed by atoms with van der Waals surface area (Å²) in [6.07, 6.45) is 3.03. The maximum Gasteiger partial charge on any atom is 0.230 e. The van der Waals surface area contributed by atoms with Crippen LogP contribution in [0.25, 0.3) is 11.4 Å². The number of rotatable bonds is 9. The van der Waals surface area contributed by atoms with Crippen LogP contribution >= 0.6 is 0 Å². The number of halogens is 1. The number of nitrogens with zero attached hydrogens (tertiary/aromatic N) is 4. The van der Waals surface area contributed by atoms with Gasteiger partial charge in [0.2, 0.25) is 5.95 Å². The highest BCUT2D eigenvalue weighted by molar-refractivity contribution is 7.92. The number of aromatic nitrogens is 3. The Balaban J connectivity index is 1.48. The fourth-order valence-electron chi connectivity index (χ4n) is 3.50. The fraction of sp³-hybridized carbons (Fsp3) is 0.192. The first-order chi connectivity index (χ1) is 17.3. The van der Waals surface area contributed by atoms with Gasteiger partial charge in [0.15, 0.2) is 5.82 Å². The number of anilines is 2. The standard InChI is InChI=1S/C26H26FN5O3S/c1-34-22-10-7-18(8-11-22)15-30-36(3,33)16-19-5-4-6-21(13-19)31-26-29-17-28-25(32-26)23-12-9-20(27)14-24(23)35-2/h4-14,17H,15-16H2,1-3H3,(H,28,29,31,32). The number of benzene rings is 3. The number of hydrogen-bond donors (Lipinski definition) is 1. The van der Waals surface area contributed by atoms with E-state index in [0.717, 1.165) is 22.6 Å². The van der Waals surface area contributed by atoms with Crippen molar-refractivity contribution < 1.29 is 18.1 Å². The monoisotopic (exact) mass is 507 g/mol. The molecule has 1 aromatic heterocycles. The Kier molecular flexibility index (Phi) is 7.74. The Morgan fingerprint density at radius 1 is 0.972 bits per heavy atom. The zero-order valence-corrected chi connectivity index (χ0v) is 21.0. The van der Waals surface area contributed by atoms with Crippen molar-refractivity contribution in [1.82, 2.24) is 15.0 Å².